The summed E-state index contributed by atoms with van der Waals surface area (Å²) >= 11 is 0. The van der Waals surface area contributed by atoms with Gasteiger partial charge in [0.15, 0.2) is 5.69 Å². The van der Waals surface area contributed by atoms with Gasteiger partial charge in [0.05, 0.1) is 18.4 Å². The molecule has 0 radical (unpaired) electrons. The first kappa shape index (κ1) is 24.9. The van der Waals surface area contributed by atoms with Crippen molar-refractivity contribution in [1.29, 1.82) is 0 Å². The Morgan fingerprint density at radius 3 is 2.00 bits per heavy atom. The van der Waals surface area contributed by atoms with Crippen LogP contribution in [-0.2, 0) is 9.16 Å². The van der Waals surface area contributed by atoms with Crippen molar-refractivity contribution in [2.24, 2.45) is 0 Å². The van der Waals surface area contributed by atoms with E-state index in [9.17, 15) is 4.79 Å². The molecule has 31 heavy (non-hydrogen) atoms. The zero-order valence-electron chi connectivity index (χ0n) is 18.8. The maximum atomic E-state index is 12.0. The summed E-state index contributed by atoms with van der Waals surface area (Å²) in [4.78, 5) is 12.0. The topological polar surface area (TPSA) is 64.2 Å². The molecular weight excluding hydrogens is 424 g/mol. The Morgan fingerprint density at radius 1 is 1.03 bits per heavy atom. The van der Waals surface area contributed by atoms with E-state index in [1.807, 2.05) is 19.1 Å². The highest BCUT2D eigenvalue weighted by Crippen LogP contribution is 2.39. The Morgan fingerprint density at radius 2 is 1.55 bits per heavy atom. The second kappa shape index (κ2) is 10.3. The number of H-pyrrole nitrogens is 1. The van der Waals surface area contributed by atoms with Gasteiger partial charge in [-0.2, -0.15) is 18.6 Å². The largest absolute Gasteiger partial charge is 0.461 e. The first-order valence-electron chi connectivity index (χ1n) is 10.3. The van der Waals surface area contributed by atoms with Crippen LogP contribution in [0.15, 0.2) is 66.7 Å². The first-order chi connectivity index (χ1) is 14.3. The zero-order chi connectivity index (χ0) is 21.8. The molecule has 7 heteroatoms. The number of esters is 1. The third-order valence-corrected chi connectivity index (χ3v) is 10.4. The van der Waals surface area contributed by atoms with Crippen molar-refractivity contribution in [2.45, 2.75) is 45.8 Å². The molecule has 0 saturated carbocycles. The molecule has 1 N–H and O–H groups in total. The number of carbonyl (C=O) groups is 1. The van der Waals surface area contributed by atoms with E-state index in [-0.39, 0.29) is 30.3 Å². The van der Waals surface area contributed by atoms with Crippen LogP contribution in [0, 0.1) is 0 Å². The molecule has 5 nitrogen and oxygen atoms in total. The minimum absolute atomic E-state index is 0. The molecule has 0 unspecified atom stereocenters. The van der Waals surface area contributed by atoms with Crippen LogP contribution in [0.1, 0.15) is 56.9 Å². The first-order valence-corrected chi connectivity index (χ1v) is 12.2. The van der Waals surface area contributed by atoms with Gasteiger partial charge in [0.25, 0.3) is 8.32 Å². The fraction of sp³-hybridized carbons (Fsp3) is 0.333. The second-order valence-electron chi connectivity index (χ2n) is 8.35. The number of aromatic nitrogens is 2. The van der Waals surface area contributed by atoms with E-state index < -0.39 is 14.3 Å². The summed E-state index contributed by atoms with van der Waals surface area (Å²) in [6.45, 7) is 10.8. The number of nitrogens with zero attached hydrogens (tertiary/aromatic N) is 1. The molecule has 0 aliphatic heterocycles. The van der Waals surface area contributed by atoms with Crippen LogP contribution in [0.4, 0.5) is 0 Å². The average molecular weight is 457 g/mol. The molecule has 2 aromatic carbocycles. The predicted molar refractivity (Wildman–Crippen MR) is 132 cm³/mol. The highest BCUT2D eigenvalue weighted by Gasteiger charge is 2.51. The highest BCUT2D eigenvalue weighted by atomic mass is 32.1. The number of hydrogen-bond acceptors (Lipinski definition) is 4. The number of rotatable bonds is 7. The lowest BCUT2D eigenvalue weighted by Gasteiger charge is -2.44. The Hall–Kier alpha value is -2.35. The molecular formula is C24H32N2O3SSi. The van der Waals surface area contributed by atoms with E-state index in [0.29, 0.717) is 6.61 Å². The third-order valence-electron chi connectivity index (χ3n) is 5.29. The number of carbonyl (C=O) groups excluding carboxylic acids is 1. The lowest BCUT2D eigenvalue weighted by atomic mass is 10.2. The minimum Gasteiger partial charge on any atom is -0.461 e. The summed E-state index contributed by atoms with van der Waals surface area (Å²) in [5.74, 6) is -0.433. The summed E-state index contributed by atoms with van der Waals surface area (Å²) in [6.07, 6.45) is -0.285. The zero-order valence-corrected chi connectivity index (χ0v) is 20.8. The fourth-order valence-electron chi connectivity index (χ4n) is 3.87. The Balaban J connectivity index is 0.00000341. The van der Waals surface area contributed by atoms with Crippen molar-refractivity contribution in [3.8, 4) is 0 Å². The lowest BCUT2D eigenvalue weighted by molar-refractivity contribution is 0.0519. The van der Waals surface area contributed by atoms with Crippen molar-refractivity contribution in [3.63, 3.8) is 0 Å². The Kier molecular flexibility index (Phi) is 8.28. The predicted octanol–water partition coefficient (Wildman–Crippen LogP) is 4.34. The van der Waals surface area contributed by atoms with Gasteiger partial charge in [0, 0.05) is 0 Å². The van der Waals surface area contributed by atoms with Gasteiger partial charge in [-0.05, 0) is 35.3 Å². The van der Waals surface area contributed by atoms with Gasteiger partial charge in [-0.25, -0.2) is 4.79 Å². The molecule has 3 rings (SSSR count). The molecule has 0 aliphatic carbocycles. The number of aromatic amines is 1. The normalized spacial score (nSPS) is 12.7. The summed E-state index contributed by atoms with van der Waals surface area (Å²) in [5.41, 5.74) is 1.02. The van der Waals surface area contributed by atoms with Gasteiger partial charge in [-0.1, -0.05) is 81.4 Å². The fourth-order valence-corrected chi connectivity index (χ4v) is 8.55. The van der Waals surface area contributed by atoms with Gasteiger partial charge < -0.3 is 9.16 Å². The van der Waals surface area contributed by atoms with E-state index in [1.54, 1.807) is 13.0 Å². The van der Waals surface area contributed by atoms with E-state index in [1.165, 1.54) is 10.4 Å². The van der Waals surface area contributed by atoms with Crippen LogP contribution in [0.5, 0.6) is 0 Å². The highest BCUT2D eigenvalue weighted by molar-refractivity contribution is 7.59. The van der Waals surface area contributed by atoms with E-state index in [0.717, 1.165) is 5.69 Å². The molecule has 0 amide bonds. The molecule has 0 fully saturated rings. The number of nitrogens with one attached hydrogen (secondary N) is 1. The summed E-state index contributed by atoms with van der Waals surface area (Å²) < 4.78 is 12.1. The van der Waals surface area contributed by atoms with Crippen LogP contribution in [0.3, 0.4) is 0 Å². The monoisotopic (exact) mass is 456 g/mol. The number of benzene rings is 2. The number of ether oxygens (including phenoxy) is 1. The van der Waals surface area contributed by atoms with E-state index in [2.05, 4.69) is 79.5 Å². The summed E-state index contributed by atoms with van der Waals surface area (Å²) in [7, 11) is -2.69. The smallest absolute Gasteiger partial charge is 0.358 e. The molecule has 1 aromatic heterocycles. The second-order valence-corrected chi connectivity index (χ2v) is 12.6. The SMILES string of the molecule is CCOC(=O)c1cc([C@H](C)O[Si](c2ccccc2)(c2ccccc2)C(C)(C)C)[nH]n1.S. The quantitative estimate of drug-likeness (QED) is 0.424. The minimum atomic E-state index is -2.69. The Labute approximate surface area is 192 Å². The van der Waals surface area contributed by atoms with Gasteiger partial charge in [-0.15, -0.1) is 0 Å². The van der Waals surface area contributed by atoms with Crippen molar-refractivity contribution in [3.05, 3.63) is 78.1 Å². The maximum Gasteiger partial charge on any atom is 0.358 e. The van der Waals surface area contributed by atoms with Crippen LogP contribution in [-0.4, -0.2) is 31.1 Å². The molecule has 1 heterocycles. The third kappa shape index (κ3) is 5.11. The van der Waals surface area contributed by atoms with Gasteiger partial charge in [-0.3, -0.25) is 5.10 Å². The molecule has 0 saturated heterocycles. The summed E-state index contributed by atoms with van der Waals surface area (Å²) in [5, 5.41) is 9.38. The van der Waals surface area contributed by atoms with Crippen LogP contribution >= 0.6 is 13.5 Å². The summed E-state index contributed by atoms with van der Waals surface area (Å²) in [6, 6.07) is 22.7. The molecule has 0 aliphatic rings. The van der Waals surface area contributed by atoms with Crippen molar-refractivity contribution in [2.75, 3.05) is 6.61 Å². The average Bonchev–Trinajstić information content (AvgIpc) is 3.23. The lowest BCUT2D eigenvalue weighted by Crippen LogP contribution is -2.66. The standard InChI is InChI=1S/C24H30N2O3Si.H2S/c1-6-28-23(27)22-17-21(25-26-22)18(2)29-30(24(3,4)5,19-13-9-7-10-14-19)20-15-11-8-12-16-20;/h7-18H,6H2,1-5H3,(H,25,26);1H2/t18-;/m0./s1. The van der Waals surface area contributed by atoms with Crippen molar-refractivity contribution in [1.82, 2.24) is 10.2 Å². The van der Waals surface area contributed by atoms with Crippen LogP contribution in [0.2, 0.25) is 5.04 Å². The maximum absolute atomic E-state index is 12.0. The molecule has 3 aromatic rings. The van der Waals surface area contributed by atoms with Crippen LogP contribution < -0.4 is 10.4 Å². The van der Waals surface area contributed by atoms with Gasteiger partial charge in [0.1, 0.15) is 0 Å². The molecule has 0 spiro atoms. The molecule has 1 atom stereocenters. The molecule has 0 bridgehead atoms. The van der Waals surface area contributed by atoms with Gasteiger partial charge >= 0.3 is 5.97 Å². The van der Waals surface area contributed by atoms with Gasteiger partial charge in [0.2, 0.25) is 0 Å². The van der Waals surface area contributed by atoms with Crippen molar-refractivity contribution >= 4 is 38.2 Å². The van der Waals surface area contributed by atoms with Crippen molar-refractivity contribution < 1.29 is 14.0 Å². The number of hydrogen-bond donors (Lipinski definition) is 1. The van der Waals surface area contributed by atoms with E-state index in [4.69, 9.17) is 9.16 Å². The Bertz CT molecular complexity index is 932. The van der Waals surface area contributed by atoms with E-state index >= 15 is 0 Å². The molecule has 166 valence electrons. The van der Waals surface area contributed by atoms with Crippen LogP contribution in [0.25, 0.3) is 0 Å².